The number of amides is 2. The van der Waals surface area contributed by atoms with Gasteiger partial charge in [0.1, 0.15) is 12.5 Å². The van der Waals surface area contributed by atoms with E-state index in [2.05, 4.69) is 10.6 Å². The number of ether oxygens (including phenoxy) is 1. The predicted molar refractivity (Wildman–Crippen MR) is 100 cm³/mol. The number of carbonyl (C=O) groups is 3. The van der Waals surface area contributed by atoms with Gasteiger partial charge >= 0.3 is 5.97 Å². The maximum Gasteiger partial charge on any atom is 0.338 e. The van der Waals surface area contributed by atoms with Crippen molar-refractivity contribution in [3.63, 3.8) is 0 Å². The molecule has 0 heterocycles. The van der Waals surface area contributed by atoms with Gasteiger partial charge in [-0.3, -0.25) is 9.59 Å². The fraction of sp³-hybridized carbons (Fsp3) is 0.105. The van der Waals surface area contributed by atoms with Crippen molar-refractivity contribution in [1.29, 1.82) is 10.5 Å². The Morgan fingerprint density at radius 2 is 1.61 bits per heavy atom. The second-order valence-corrected chi connectivity index (χ2v) is 5.80. The number of halogens is 1. The topological polar surface area (TPSA) is 132 Å². The van der Waals surface area contributed by atoms with Crippen LogP contribution in [0.1, 0.15) is 22.3 Å². The van der Waals surface area contributed by atoms with E-state index >= 15 is 0 Å². The number of carbonyl (C=O) groups excluding carboxylic acids is 3. The van der Waals surface area contributed by atoms with Crippen LogP contribution in [-0.4, -0.2) is 24.4 Å². The van der Waals surface area contributed by atoms with Crippen molar-refractivity contribution >= 4 is 40.8 Å². The van der Waals surface area contributed by atoms with Crippen molar-refractivity contribution in [3.05, 3.63) is 58.6 Å². The third-order valence-corrected chi connectivity index (χ3v) is 3.66. The number of nitrogens with one attached hydrogen (secondary N) is 2. The summed E-state index contributed by atoms with van der Waals surface area (Å²) >= 11 is 5.88. The molecule has 0 unspecified atom stereocenters. The molecular weight excluding hydrogens is 384 g/mol. The van der Waals surface area contributed by atoms with Gasteiger partial charge in [0, 0.05) is 11.4 Å². The van der Waals surface area contributed by atoms with Crippen molar-refractivity contribution in [2.45, 2.75) is 6.42 Å². The Balaban J connectivity index is 1.87. The summed E-state index contributed by atoms with van der Waals surface area (Å²) in [5.74, 6) is -1.75. The molecule has 0 atom stereocenters. The summed E-state index contributed by atoms with van der Waals surface area (Å²) in [5, 5.41) is 22.4. The molecule has 2 rings (SSSR count). The van der Waals surface area contributed by atoms with E-state index in [1.54, 1.807) is 6.07 Å². The van der Waals surface area contributed by atoms with Crippen LogP contribution in [-0.2, 0) is 14.3 Å². The third kappa shape index (κ3) is 5.84. The zero-order chi connectivity index (χ0) is 20.5. The van der Waals surface area contributed by atoms with Gasteiger partial charge in [0.2, 0.25) is 5.91 Å². The summed E-state index contributed by atoms with van der Waals surface area (Å²) in [6.45, 7) is -0.517. The van der Waals surface area contributed by atoms with E-state index in [-0.39, 0.29) is 22.6 Å². The lowest BCUT2D eigenvalue weighted by atomic mass is 10.2. The smallest absolute Gasteiger partial charge is 0.338 e. The standard InChI is InChI=1S/C19H13ClN4O4/c20-16-9-15(6-3-13(16)10-22)24-18(26)11-28-19(27)12-1-4-14(5-2-12)23-17(25)7-8-21/h1-6,9H,7,11H2,(H,23,25)(H,24,26). The average Bonchev–Trinajstić information content (AvgIpc) is 2.67. The highest BCUT2D eigenvalue weighted by Crippen LogP contribution is 2.20. The van der Waals surface area contributed by atoms with Gasteiger partial charge in [0.15, 0.2) is 6.61 Å². The van der Waals surface area contributed by atoms with E-state index in [0.29, 0.717) is 11.4 Å². The summed E-state index contributed by atoms with van der Waals surface area (Å²) in [7, 11) is 0. The van der Waals surface area contributed by atoms with Crippen molar-refractivity contribution < 1.29 is 19.1 Å². The molecule has 0 aliphatic heterocycles. The summed E-state index contributed by atoms with van der Waals surface area (Å²) in [4.78, 5) is 35.2. The van der Waals surface area contributed by atoms with Gasteiger partial charge in [0.25, 0.3) is 5.91 Å². The molecule has 2 N–H and O–H groups in total. The highest BCUT2D eigenvalue weighted by molar-refractivity contribution is 6.32. The molecule has 8 nitrogen and oxygen atoms in total. The molecule has 0 radical (unpaired) electrons. The first kappa shape index (κ1) is 20.4. The number of hydrogen-bond acceptors (Lipinski definition) is 6. The van der Waals surface area contributed by atoms with E-state index in [9.17, 15) is 14.4 Å². The Labute approximate surface area is 165 Å². The Morgan fingerprint density at radius 3 is 2.21 bits per heavy atom. The Morgan fingerprint density at radius 1 is 0.964 bits per heavy atom. The second kappa shape index (κ2) is 9.72. The molecule has 0 aliphatic rings. The maximum atomic E-state index is 12.0. The number of nitrogens with zero attached hydrogens (tertiary/aromatic N) is 2. The van der Waals surface area contributed by atoms with Gasteiger partial charge in [-0.1, -0.05) is 11.6 Å². The van der Waals surface area contributed by atoms with E-state index in [1.807, 2.05) is 6.07 Å². The van der Waals surface area contributed by atoms with Gasteiger partial charge in [-0.25, -0.2) is 4.79 Å². The van der Waals surface area contributed by atoms with Gasteiger partial charge in [0.05, 0.1) is 22.2 Å². The lowest BCUT2D eigenvalue weighted by molar-refractivity contribution is -0.119. The van der Waals surface area contributed by atoms with Crippen LogP contribution >= 0.6 is 11.6 Å². The first-order chi connectivity index (χ1) is 13.4. The molecule has 0 fully saturated rings. The second-order valence-electron chi connectivity index (χ2n) is 5.39. The van der Waals surface area contributed by atoms with E-state index in [0.717, 1.165) is 0 Å². The largest absolute Gasteiger partial charge is 0.452 e. The van der Waals surface area contributed by atoms with Crippen LogP contribution in [0.2, 0.25) is 5.02 Å². The minimum absolute atomic E-state index is 0.187. The number of esters is 1. The molecule has 28 heavy (non-hydrogen) atoms. The van der Waals surface area contributed by atoms with E-state index in [4.69, 9.17) is 26.9 Å². The van der Waals surface area contributed by atoms with Crippen LogP contribution in [0.25, 0.3) is 0 Å². The summed E-state index contributed by atoms with van der Waals surface area (Å²) < 4.78 is 4.93. The first-order valence-electron chi connectivity index (χ1n) is 7.86. The summed E-state index contributed by atoms with van der Waals surface area (Å²) in [5.41, 5.74) is 1.25. The Kier molecular flexibility index (Phi) is 7.09. The van der Waals surface area contributed by atoms with Crippen LogP contribution in [0.4, 0.5) is 11.4 Å². The molecule has 0 spiro atoms. The molecule has 0 bridgehead atoms. The molecule has 140 valence electrons. The summed E-state index contributed by atoms with van der Waals surface area (Å²) in [6.07, 6.45) is -0.274. The fourth-order valence-corrected chi connectivity index (χ4v) is 2.28. The third-order valence-electron chi connectivity index (χ3n) is 3.35. The number of anilines is 2. The Bertz CT molecular complexity index is 990. The molecule has 0 saturated heterocycles. The number of rotatable bonds is 6. The summed E-state index contributed by atoms with van der Waals surface area (Å²) in [6, 6.07) is 13.8. The molecule has 0 aromatic heterocycles. The van der Waals surface area contributed by atoms with Crippen molar-refractivity contribution in [1.82, 2.24) is 0 Å². The SMILES string of the molecule is N#CCC(=O)Nc1ccc(C(=O)OCC(=O)Nc2ccc(C#N)c(Cl)c2)cc1. The van der Waals surface area contributed by atoms with Crippen LogP contribution < -0.4 is 10.6 Å². The van der Waals surface area contributed by atoms with Crippen molar-refractivity contribution in [2.75, 3.05) is 17.2 Å². The van der Waals surface area contributed by atoms with Crippen LogP contribution in [0, 0.1) is 22.7 Å². The average molecular weight is 397 g/mol. The monoisotopic (exact) mass is 396 g/mol. The van der Waals surface area contributed by atoms with Gasteiger partial charge in [-0.2, -0.15) is 10.5 Å². The predicted octanol–water partition coefficient (Wildman–Crippen LogP) is 2.86. The molecule has 0 aliphatic carbocycles. The van der Waals surface area contributed by atoms with Gasteiger partial charge in [-0.15, -0.1) is 0 Å². The van der Waals surface area contributed by atoms with Crippen LogP contribution in [0.15, 0.2) is 42.5 Å². The number of benzene rings is 2. The zero-order valence-corrected chi connectivity index (χ0v) is 15.1. The minimum Gasteiger partial charge on any atom is -0.452 e. The quantitative estimate of drug-likeness (QED) is 0.721. The first-order valence-corrected chi connectivity index (χ1v) is 8.24. The highest BCUT2D eigenvalue weighted by Gasteiger charge is 2.11. The highest BCUT2D eigenvalue weighted by atomic mass is 35.5. The van der Waals surface area contributed by atoms with E-state index in [1.165, 1.54) is 42.5 Å². The number of hydrogen-bond donors (Lipinski definition) is 2. The molecular formula is C19H13ClN4O4. The van der Waals surface area contributed by atoms with Gasteiger partial charge < -0.3 is 15.4 Å². The number of nitriles is 2. The Hall–Kier alpha value is -3.88. The normalized spacial score (nSPS) is 9.54. The van der Waals surface area contributed by atoms with Crippen molar-refractivity contribution in [3.8, 4) is 12.1 Å². The van der Waals surface area contributed by atoms with Crippen LogP contribution in [0.3, 0.4) is 0 Å². The minimum atomic E-state index is -0.720. The van der Waals surface area contributed by atoms with Crippen LogP contribution in [0.5, 0.6) is 0 Å². The molecule has 9 heteroatoms. The molecule has 2 aromatic rings. The van der Waals surface area contributed by atoms with Gasteiger partial charge in [-0.05, 0) is 42.5 Å². The fourth-order valence-electron chi connectivity index (χ4n) is 2.06. The van der Waals surface area contributed by atoms with Crippen molar-refractivity contribution in [2.24, 2.45) is 0 Å². The van der Waals surface area contributed by atoms with E-state index < -0.39 is 24.4 Å². The maximum absolute atomic E-state index is 12.0. The zero-order valence-electron chi connectivity index (χ0n) is 14.4. The molecule has 2 amide bonds. The lowest BCUT2D eigenvalue weighted by Gasteiger charge is -2.08. The lowest BCUT2D eigenvalue weighted by Crippen LogP contribution is -2.21. The molecule has 0 saturated carbocycles. The molecule has 2 aromatic carbocycles.